The van der Waals surface area contributed by atoms with Gasteiger partial charge in [-0.15, -0.1) is 0 Å². The molecule has 19 heavy (non-hydrogen) atoms. The summed E-state index contributed by atoms with van der Waals surface area (Å²) in [5, 5.41) is 8.79. The number of nitrogens with zero attached hydrogens (tertiary/aromatic N) is 1. The molecular formula is C13H9F2NO3. The van der Waals surface area contributed by atoms with E-state index in [1.807, 2.05) is 0 Å². The molecule has 0 saturated heterocycles. The van der Waals surface area contributed by atoms with Gasteiger partial charge >= 0.3 is 5.97 Å². The lowest BCUT2D eigenvalue weighted by atomic mass is 10.1. The number of aromatic carboxylic acids is 1. The summed E-state index contributed by atoms with van der Waals surface area (Å²) in [6.07, 6.45) is 0. The van der Waals surface area contributed by atoms with Crippen molar-refractivity contribution >= 4 is 5.97 Å². The van der Waals surface area contributed by atoms with Gasteiger partial charge in [0.1, 0.15) is 11.6 Å². The Morgan fingerprint density at radius 3 is 2.53 bits per heavy atom. The van der Waals surface area contributed by atoms with E-state index in [4.69, 9.17) is 9.84 Å². The highest BCUT2D eigenvalue weighted by atomic mass is 19.1. The Morgan fingerprint density at radius 1 is 1.21 bits per heavy atom. The molecule has 2 rings (SSSR count). The normalized spacial score (nSPS) is 10.3. The molecule has 0 aliphatic carbocycles. The highest BCUT2D eigenvalue weighted by Crippen LogP contribution is 2.26. The fourth-order valence-electron chi connectivity index (χ4n) is 1.57. The van der Waals surface area contributed by atoms with Gasteiger partial charge in [0.05, 0.1) is 12.8 Å². The zero-order valence-corrected chi connectivity index (χ0v) is 9.85. The van der Waals surface area contributed by atoms with Crippen molar-refractivity contribution < 1.29 is 23.4 Å². The number of halogens is 2. The molecule has 0 unspecified atom stereocenters. The van der Waals surface area contributed by atoms with Gasteiger partial charge in [-0.3, -0.25) is 0 Å². The fraction of sp³-hybridized carbons (Fsp3) is 0.0769. The number of hydrogen-bond donors (Lipinski definition) is 1. The maximum atomic E-state index is 13.7. The first-order valence-corrected chi connectivity index (χ1v) is 5.26. The Bertz CT molecular complexity index is 644. The molecule has 0 aliphatic heterocycles. The molecule has 4 nitrogen and oxygen atoms in total. The van der Waals surface area contributed by atoms with Gasteiger partial charge < -0.3 is 9.84 Å². The largest absolute Gasteiger partial charge is 0.497 e. The zero-order chi connectivity index (χ0) is 14.0. The minimum Gasteiger partial charge on any atom is -0.497 e. The number of ether oxygens (including phenoxy) is 1. The lowest BCUT2D eigenvalue weighted by Crippen LogP contribution is -2.05. The molecule has 0 atom stereocenters. The number of aromatic nitrogens is 1. The molecule has 0 aliphatic rings. The van der Waals surface area contributed by atoms with Crippen molar-refractivity contribution in [3.63, 3.8) is 0 Å². The van der Waals surface area contributed by atoms with Crippen LogP contribution in [0.5, 0.6) is 5.75 Å². The number of benzene rings is 1. The first-order chi connectivity index (χ1) is 9.02. The summed E-state index contributed by atoms with van der Waals surface area (Å²) in [5.41, 5.74) is -0.684. The highest BCUT2D eigenvalue weighted by Gasteiger charge is 2.15. The Hall–Kier alpha value is -2.50. The lowest BCUT2D eigenvalue weighted by molar-refractivity contribution is 0.0685. The van der Waals surface area contributed by atoms with Gasteiger partial charge in [-0.25, -0.2) is 18.6 Å². The van der Waals surface area contributed by atoms with Crippen molar-refractivity contribution in [2.75, 3.05) is 7.11 Å². The SMILES string of the molecule is COc1ccc(F)c(-c2ccc(F)c(C(=O)O)n2)c1. The average molecular weight is 265 g/mol. The standard InChI is InChI=1S/C13H9F2NO3/c1-19-7-2-3-9(14)8(6-7)11-5-4-10(15)12(16-11)13(17)18/h2-6H,1H3,(H,17,18). The van der Waals surface area contributed by atoms with Crippen molar-refractivity contribution in [2.24, 2.45) is 0 Å². The number of carboxylic acids is 1. The van der Waals surface area contributed by atoms with Crippen LogP contribution in [-0.2, 0) is 0 Å². The summed E-state index contributed by atoms with van der Waals surface area (Å²) in [6.45, 7) is 0. The van der Waals surface area contributed by atoms with Gasteiger partial charge in [0.2, 0.25) is 0 Å². The van der Waals surface area contributed by atoms with Crippen LogP contribution in [0.1, 0.15) is 10.5 Å². The second-order valence-corrected chi connectivity index (χ2v) is 3.68. The van der Waals surface area contributed by atoms with Crippen LogP contribution in [0.3, 0.4) is 0 Å². The lowest BCUT2D eigenvalue weighted by Gasteiger charge is -2.07. The van der Waals surface area contributed by atoms with Crippen LogP contribution in [-0.4, -0.2) is 23.2 Å². The molecule has 0 fully saturated rings. The minimum absolute atomic E-state index is 0.0233. The number of methoxy groups -OCH3 is 1. The molecule has 1 aromatic carbocycles. The van der Waals surface area contributed by atoms with E-state index in [2.05, 4.69) is 4.98 Å². The summed E-state index contributed by atoms with van der Waals surface area (Å²) in [7, 11) is 1.41. The van der Waals surface area contributed by atoms with Gasteiger partial charge in [0.15, 0.2) is 11.5 Å². The predicted molar refractivity (Wildman–Crippen MR) is 63.1 cm³/mol. The van der Waals surface area contributed by atoms with Crippen molar-refractivity contribution in [3.05, 3.63) is 47.7 Å². The molecule has 1 aromatic heterocycles. The maximum Gasteiger partial charge on any atom is 0.357 e. The van der Waals surface area contributed by atoms with Gasteiger partial charge in [-0.05, 0) is 30.3 Å². The summed E-state index contributed by atoms with van der Waals surface area (Å²) in [4.78, 5) is 14.4. The van der Waals surface area contributed by atoms with Crippen molar-refractivity contribution in [1.82, 2.24) is 4.98 Å². The van der Waals surface area contributed by atoms with Crippen LogP contribution in [0.15, 0.2) is 30.3 Å². The van der Waals surface area contributed by atoms with Crippen molar-refractivity contribution in [2.45, 2.75) is 0 Å². The number of carbonyl (C=O) groups is 1. The predicted octanol–water partition coefficient (Wildman–Crippen LogP) is 2.73. The molecule has 1 heterocycles. The maximum absolute atomic E-state index is 13.7. The third kappa shape index (κ3) is 2.52. The minimum atomic E-state index is -1.51. The first kappa shape index (κ1) is 12.9. The molecule has 0 bridgehead atoms. The number of rotatable bonds is 3. The monoisotopic (exact) mass is 265 g/mol. The van der Waals surface area contributed by atoms with Crippen LogP contribution in [0.2, 0.25) is 0 Å². The number of hydrogen-bond acceptors (Lipinski definition) is 3. The third-order valence-electron chi connectivity index (χ3n) is 2.50. The molecule has 0 saturated carbocycles. The first-order valence-electron chi connectivity index (χ1n) is 5.26. The van der Waals surface area contributed by atoms with E-state index in [9.17, 15) is 13.6 Å². The van der Waals surface area contributed by atoms with Gasteiger partial charge in [0.25, 0.3) is 0 Å². The average Bonchev–Trinajstić information content (AvgIpc) is 2.40. The van der Waals surface area contributed by atoms with E-state index in [0.717, 1.165) is 6.07 Å². The van der Waals surface area contributed by atoms with Crippen LogP contribution < -0.4 is 4.74 Å². The number of carboxylic acid groups (broad SMARTS) is 1. The molecule has 0 amide bonds. The molecule has 0 radical (unpaired) electrons. The molecular weight excluding hydrogens is 256 g/mol. The molecule has 2 aromatic rings. The quantitative estimate of drug-likeness (QED) is 0.927. The van der Waals surface area contributed by atoms with E-state index in [-0.39, 0.29) is 11.3 Å². The number of pyridine rings is 1. The summed E-state index contributed by atoms with van der Waals surface area (Å²) < 4.78 is 31.9. The van der Waals surface area contributed by atoms with Crippen LogP contribution in [0.4, 0.5) is 8.78 Å². The topological polar surface area (TPSA) is 59.4 Å². The Kier molecular flexibility index (Phi) is 3.41. The fourth-order valence-corrected chi connectivity index (χ4v) is 1.57. The van der Waals surface area contributed by atoms with Crippen LogP contribution >= 0.6 is 0 Å². The van der Waals surface area contributed by atoms with Crippen molar-refractivity contribution in [3.8, 4) is 17.0 Å². The van der Waals surface area contributed by atoms with Crippen LogP contribution in [0, 0.1) is 11.6 Å². The second kappa shape index (κ2) is 5.01. The van der Waals surface area contributed by atoms with E-state index < -0.39 is 23.3 Å². The van der Waals surface area contributed by atoms with E-state index in [1.165, 1.54) is 31.4 Å². The van der Waals surface area contributed by atoms with E-state index in [1.54, 1.807) is 0 Å². The summed E-state index contributed by atoms with van der Waals surface area (Å²) in [5.74, 6) is -2.70. The smallest absolute Gasteiger partial charge is 0.357 e. The van der Waals surface area contributed by atoms with Crippen LogP contribution in [0.25, 0.3) is 11.3 Å². The third-order valence-corrected chi connectivity index (χ3v) is 2.50. The Labute approximate surface area is 107 Å². The Morgan fingerprint density at radius 2 is 1.89 bits per heavy atom. The summed E-state index contributed by atoms with van der Waals surface area (Å²) >= 11 is 0. The molecule has 98 valence electrons. The highest BCUT2D eigenvalue weighted by molar-refractivity contribution is 5.86. The Balaban J connectivity index is 2.59. The summed E-state index contributed by atoms with van der Waals surface area (Å²) in [6, 6.07) is 6.09. The second-order valence-electron chi connectivity index (χ2n) is 3.68. The van der Waals surface area contributed by atoms with Gasteiger partial charge in [0, 0.05) is 5.56 Å². The van der Waals surface area contributed by atoms with Gasteiger partial charge in [-0.2, -0.15) is 0 Å². The van der Waals surface area contributed by atoms with Crippen molar-refractivity contribution in [1.29, 1.82) is 0 Å². The molecule has 6 heteroatoms. The van der Waals surface area contributed by atoms with E-state index in [0.29, 0.717) is 5.75 Å². The molecule has 0 spiro atoms. The molecule has 1 N–H and O–H groups in total. The van der Waals surface area contributed by atoms with Gasteiger partial charge in [-0.1, -0.05) is 0 Å². The zero-order valence-electron chi connectivity index (χ0n) is 9.85. The van der Waals surface area contributed by atoms with E-state index >= 15 is 0 Å².